The fourth-order valence-corrected chi connectivity index (χ4v) is 3.03. The lowest BCUT2D eigenvalue weighted by Gasteiger charge is -2.20. The SMILES string of the molecule is C#CC(C)(C)Oc1ccc(S(=O)(=O)c2ccccc2)cc1. The highest BCUT2D eigenvalue weighted by Gasteiger charge is 2.19. The highest BCUT2D eigenvalue weighted by atomic mass is 32.2. The highest BCUT2D eigenvalue weighted by Crippen LogP contribution is 2.24. The zero-order chi connectivity index (χ0) is 15.5. The van der Waals surface area contributed by atoms with Gasteiger partial charge in [-0.3, -0.25) is 0 Å². The molecule has 0 aliphatic rings. The van der Waals surface area contributed by atoms with E-state index in [-0.39, 0.29) is 9.79 Å². The Morgan fingerprint density at radius 2 is 1.48 bits per heavy atom. The normalized spacial score (nSPS) is 11.7. The summed E-state index contributed by atoms with van der Waals surface area (Å²) in [5.74, 6) is 3.05. The fraction of sp³-hybridized carbons (Fsp3) is 0.176. The maximum Gasteiger partial charge on any atom is 0.206 e. The summed E-state index contributed by atoms with van der Waals surface area (Å²) in [4.78, 5) is 0.488. The Morgan fingerprint density at radius 3 is 2.00 bits per heavy atom. The van der Waals surface area contributed by atoms with E-state index in [9.17, 15) is 8.42 Å². The molecule has 0 fully saturated rings. The van der Waals surface area contributed by atoms with Crippen molar-refractivity contribution >= 4 is 9.84 Å². The second kappa shape index (κ2) is 5.63. The smallest absolute Gasteiger partial charge is 0.206 e. The molecule has 108 valence electrons. The van der Waals surface area contributed by atoms with Crippen LogP contribution < -0.4 is 4.74 Å². The topological polar surface area (TPSA) is 43.4 Å². The first-order valence-corrected chi connectivity index (χ1v) is 7.90. The van der Waals surface area contributed by atoms with Crippen molar-refractivity contribution in [1.29, 1.82) is 0 Å². The lowest BCUT2D eigenvalue weighted by Crippen LogP contribution is -2.25. The number of ether oxygens (including phenoxy) is 1. The minimum absolute atomic E-state index is 0.222. The molecule has 0 aliphatic carbocycles. The van der Waals surface area contributed by atoms with Gasteiger partial charge >= 0.3 is 0 Å². The zero-order valence-corrected chi connectivity index (χ0v) is 12.7. The van der Waals surface area contributed by atoms with Gasteiger partial charge in [-0.2, -0.15) is 0 Å². The summed E-state index contributed by atoms with van der Waals surface area (Å²) >= 11 is 0. The van der Waals surface area contributed by atoms with Crippen molar-refractivity contribution in [3.8, 4) is 18.1 Å². The molecule has 0 heterocycles. The average molecular weight is 300 g/mol. The molecule has 2 aromatic rings. The predicted molar refractivity (Wildman–Crippen MR) is 81.9 cm³/mol. The maximum absolute atomic E-state index is 12.4. The number of benzene rings is 2. The Hall–Kier alpha value is -2.25. The van der Waals surface area contributed by atoms with Crippen LogP contribution in [0.1, 0.15) is 13.8 Å². The van der Waals surface area contributed by atoms with Gasteiger partial charge in [0.15, 0.2) is 5.60 Å². The molecular weight excluding hydrogens is 284 g/mol. The average Bonchev–Trinajstić information content (AvgIpc) is 2.48. The van der Waals surface area contributed by atoms with Crippen LogP contribution >= 0.6 is 0 Å². The summed E-state index contributed by atoms with van der Waals surface area (Å²) in [6, 6.07) is 14.6. The van der Waals surface area contributed by atoms with E-state index in [1.807, 2.05) is 0 Å². The standard InChI is InChI=1S/C17H16O3S/c1-4-17(2,3)20-14-10-12-16(13-11-14)21(18,19)15-8-6-5-7-9-15/h1,5-13H,2-3H3. The van der Waals surface area contributed by atoms with E-state index in [0.29, 0.717) is 5.75 Å². The van der Waals surface area contributed by atoms with Crippen molar-refractivity contribution in [2.75, 3.05) is 0 Å². The van der Waals surface area contributed by atoms with E-state index in [1.54, 1.807) is 56.3 Å². The molecule has 0 spiro atoms. The lowest BCUT2D eigenvalue weighted by atomic mass is 10.1. The van der Waals surface area contributed by atoms with Crippen molar-refractivity contribution < 1.29 is 13.2 Å². The molecule has 3 nitrogen and oxygen atoms in total. The van der Waals surface area contributed by atoms with Crippen LogP contribution in [0, 0.1) is 12.3 Å². The van der Waals surface area contributed by atoms with Gasteiger partial charge in [-0.05, 0) is 50.2 Å². The third kappa shape index (κ3) is 3.45. The lowest BCUT2D eigenvalue weighted by molar-refractivity contribution is 0.172. The van der Waals surface area contributed by atoms with E-state index >= 15 is 0 Å². The molecule has 21 heavy (non-hydrogen) atoms. The highest BCUT2D eigenvalue weighted by molar-refractivity contribution is 7.91. The van der Waals surface area contributed by atoms with Crippen molar-refractivity contribution in [2.45, 2.75) is 29.2 Å². The molecular formula is C17H16O3S. The third-order valence-electron chi connectivity index (χ3n) is 2.91. The predicted octanol–water partition coefficient (Wildman–Crippen LogP) is 3.31. The summed E-state index contributed by atoms with van der Waals surface area (Å²) in [5.41, 5.74) is -0.736. The summed E-state index contributed by atoms with van der Waals surface area (Å²) in [6.07, 6.45) is 5.36. The molecule has 4 heteroatoms. The van der Waals surface area contributed by atoms with Crippen molar-refractivity contribution in [1.82, 2.24) is 0 Å². The molecule has 0 aromatic heterocycles. The number of terminal acetylenes is 1. The third-order valence-corrected chi connectivity index (χ3v) is 4.69. The molecule has 0 atom stereocenters. The van der Waals surface area contributed by atoms with Gasteiger partial charge in [0.2, 0.25) is 9.84 Å². The van der Waals surface area contributed by atoms with Gasteiger partial charge in [0, 0.05) is 0 Å². The zero-order valence-electron chi connectivity index (χ0n) is 11.9. The summed E-state index contributed by atoms with van der Waals surface area (Å²) in [6.45, 7) is 3.53. The molecule has 0 saturated heterocycles. The van der Waals surface area contributed by atoms with Gasteiger partial charge in [-0.1, -0.05) is 24.1 Å². The van der Waals surface area contributed by atoms with Crippen LogP contribution in [-0.2, 0) is 9.84 Å². The van der Waals surface area contributed by atoms with Crippen LogP contribution in [0.15, 0.2) is 64.4 Å². The Balaban J connectivity index is 2.30. The fourth-order valence-electron chi connectivity index (χ4n) is 1.75. The van der Waals surface area contributed by atoms with Gasteiger partial charge in [0.05, 0.1) is 9.79 Å². The van der Waals surface area contributed by atoms with Crippen LogP contribution in [0.5, 0.6) is 5.75 Å². The first kappa shape index (κ1) is 15.1. The van der Waals surface area contributed by atoms with Crippen molar-refractivity contribution in [2.24, 2.45) is 0 Å². The van der Waals surface area contributed by atoms with Crippen molar-refractivity contribution in [3.63, 3.8) is 0 Å². The summed E-state index contributed by atoms with van der Waals surface area (Å²) in [5, 5.41) is 0. The van der Waals surface area contributed by atoms with Crippen LogP contribution in [-0.4, -0.2) is 14.0 Å². The molecule has 0 saturated carbocycles. The molecule has 0 bridgehead atoms. The minimum atomic E-state index is -3.50. The Bertz CT molecular complexity index is 752. The molecule has 2 aromatic carbocycles. The quantitative estimate of drug-likeness (QED) is 0.814. The molecule has 0 N–H and O–H groups in total. The largest absolute Gasteiger partial charge is 0.475 e. The van der Waals surface area contributed by atoms with Crippen LogP contribution in [0.2, 0.25) is 0 Å². The molecule has 0 unspecified atom stereocenters. The Morgan fingerprint density at radius 1 is 0.952 bits per heavy atom. The number of rotatable bonds is 4. The second-order valence-electron chi connectivity index (χ2n) is 5.04. The van der Waals surface area contributed by atoms with E-state index < -0.39 is 15.4 Å². The molecule has 0 amide bonds. The second-order valence-corrected chi connectivity index (χ2v) is 6.99. The molecule has 0 aliphatic heterocycles. The Labute approximate surface area is 125 Å². The monoisotopic (exact) mass is 300 g/mol. The first-order valence-electron chi connectivity index (χ1n) is 6.42. The first-order chi connectivity index (χ1) is 9.85. The van der Waals surface area contributed by atoms with Gasteiger partial charge in [0.25, 0.3) is 0 Å². The van der Waals surface area contributed by atoms with Gasteiger partial charge in [0.1, 0.15) is 5.75 Å². The van der Waals surface area contributed by atoms with Gasteiger partial charge in [-0.15, -0.1) is 6.42 Å². The molecule has 0 radical (unpaired) electrons. The number of hydrogen-bond donors (Lipinski definition) is 0. The van der Waals surface area contributed by atoms with Gasteiger partial charge < -0.3 is 4.74 Å². The summed E-state index contributed by atoms with van der Waals surface area (Å²) < 4.78 is 30.4. The van der Waals surface area contributed by atoms with Crippen molar-refractivity contribution in [3.05, 3.63) is 54.6 Å². The van der Waals surface area contributed by atoms with Crippen LogP contribution in [0.4, 0.5) is 0 Å². The van der Waals surface area contributed by atoms with E-state index in [0.717, 1.165) is 0 Å². The maximum atomic E-state index is 12.4. The van der Waals surface area contributed by atoms with E-state index in [4.69, 9.17) is 11.2 Å². The Kier molecular flexibility index (Phi) is 4.06. The van der Waals surface area contributed by atoms with E-state index in [2.05, 4.69) is 5.92 Å². The van der Waals surface area contributed by atoms with Crippen LogP contribution in [0.25, 0.3) is 0 Å². The van der Waals surface area contributed by atoms with Crippen LogP contribution in [0.3, 0.4) is 0 Å². The van der Waals surface area contributed by atoms with E-state index in [1.165, 1.54) is 12.1 Å². The summed E-state index contributed by atoms with van der Waals surface area (Å²) in [7, 11) is -3.50. The minimum Gasteiger partial charge on any atom is -0.475 e. The van der Waals surface area contributed by atoms with Gasteiger partial charge in [-0.25, -0.2) is 8.42 Å². The molecule has 2 rings (SSSR count). The number of hydrogen-bond acceptors (Lipinski definition) is 3. The number of sulfone groups is 1.